The molecule has 6 heteroatoms. The number of aliphatic hydroxyl groups is 1. The van der Waals surface area contributed by atoms with Crippen molar-refractivity contribution >= 4 is 11.3 Å². The first-order valence-corrected chi connectivity index (χ1v) is 7.63. The highest BCUT2D eigenvalue weighted by Gasteiger charge is 2.34. The van der Waals surface area contributed by atoms with Gasteiger partial charge in [-0.05, 0) is 37.1 Å². The lowest BCUT2D eigenvalue weighted by Gasteiger charge is -2.26. The zero-order valence-electron chi connectivity index (χ0n) is 12.7. The largest absolute Gasteiger partial charge is 0.391 e. The summed E-state index contributed by atoms with van der Waals surface area (Å²) in [6, 6.07) is 8.41. The molecule has 5 nitrogen and oxygen atoms in total. The van der Waals surface area contributed by atoms with Crippen LogP contribution in [0.3, 0.4) is 0 Å². The highest BCUT2D eigenvalue weighted by atomic mass is 19.1. The molecule has 2 aromatic heterocycles. The maximum absolute atomic E-state index is 13.6. The van der Waals surface area contributed by atoms with Gasteiger partial charge < -0.3 is 10.0 Å². The van der Waals surface area contributed by atoms with E-state index in [0.29, 0.717) is 13.0 Å². The number of halogens is 1. The number of aryl methyl sites for hydroxylation is 1. The van der Waals surface area contributed by atoms with Crippen molar-refractivity contribution in [1.82, 2.24) is 14.6 Å². The van der Waals surface area contributed by atoms with Gasteiger partial charge in [0.2, 0.25) is 0 Å². The van der Waals surface area contributed by atoms with Crippen LogP contribution in [0.5, 0.6) is 0 Å². The number of aromatic nitrogens is 3. The van der Waals surface area contributed by atoms with Crippen LogP contribution in [-0.4, -0.2) is 32.4 Å². The summed E-state index contributed by atoms with van der Waals surface area (Å²) >= 11 is 0. The number of anilines is 1. The summed E-state index contributed by atoms with van der Waals surface area (Å²) in [5, 5.41) is 14.6. The van der Waals surface area contributed by atoms with Crippen LogP contribution < -0.4 is 4.90 Å². The van der Waals surface area contributed by atoms with E-state index in [9.17, 15) is 9.50 Å². The number of hydrogen-bond donors (Lipinski definition) is 1. The van der Waals surface area contributed by atoms with Crippen LogP contribution in [-0.2, 0) is 0 Å². The van der Waals surface area contributed by atoms with Gasteiger partial charge in [0.25, 0.3) is 0 Å². The molecule has 1 aliphatic heterocycles. The first-order valence-electron chi connectivity index (χ1n) is 7.63. The molecule has 3 heterocycles. The monoisotopic (exact) mass is 312 g/mol. The molecule has 0 saturated carbocycles. The van der Waals surface area contributed by atoms with Gasteiger partial charge in [0, 0.05) is 18.9 Å². The highest BCUT2D eigenvalue weighted by molar-refractivity contribution is 5.70. The number of rotatable bonds is 2. The number of benzene rings is 1. The second-order valence-corrected chi connectivity index (χ2v) is 5.98. The quantitative estimate of drug-likeness (QED) is 0.790. The molecule has 1 aromatic carbocycles. The minimum atomic E-state index is -0.464. The molecular formula is C17H17FN4O. The Bertz CT molecular complexity index is 863. The van der Waals surface area contributed by atoms with Crippen molar-refractivity contribution in [2.75, 3.05) is 11.4 Å². The minimum Gasteiger partial charge on any atom is -0.391 e. The van der Waals surface area contributed by atoms with E-state index in [-0.39, 0.29) is 11.9 Å². The van der Waals surface area contributed by atoms with Gasteiger partial charge in [0.15, 0.2) is 5.82 Å². The van der Waals surface area contributed by atoms with Crippen LogP contribution in [0.4, 0.5) is 10.2 Å². The summed E-state index contributed by atoms with van der Waals surface area (Å²) in [4.78, 5) is 6.53. The van der Waals surface area contributed by atoms with Gasteiger partial charge >= 0.3 is 0 Å². The first-order chi connectivity index (χ1) is 11.1. The van der Waals surface area contributed by atoms with E-state index in [2.05, 4.69) is 10.1 Å². The number of β-amino-alcohol motifs (C(OH)–C–C–N with tert-alkyl or cyclic N) is 1. The van der Waals surface area contributed by atoms with Crippen LogP contribution in [0.25, 0.3) is 5.52 Å². The fraction of sp³-hybridized carbons (Fsp3) is 0.294. The third-order valence-electron chi connectivity index (χ3n) is 4.28. The molecule has 23 heavy (non-hydrogen) atoms. The molecule has 1 aliphatic rings. The van der Waals surface area contributed by atoms with Gasteiger partial charge in [0.05, 0.1) is 17.8 Å². The number of aliphatic hydroxyl groups excluding tert-OH is 1. The van der Waals surface area contributed by atoms with Crippen LogP contribution in [0.2, 0.25) is 0 Å². The molecule has 0 radical (unpaired) electrons. The predicted molar refractivity (Wildman–Crippen MR) is 84.8 cm³/mol. The van der Waals surface area contributed by atoms with E-state index in [0.717, 1.165) is 22.6 Å². The molecule has 0 amide bonds. The lowest BCUT2D eigenvalue weighted by atomic mass is 10.0. The fourth-order valence-corrected chi connectivity index (χ4v) is 3.33. The number of hydrogen-bond acceptors (Lipinski definition) is 4. The SMILES string of the molecule is Cc1cc2c(N3C[C@H](O)C[C@H]3c3cccc(F)c3)nccn2n1. The lowest BCUT2D eigenvalue weighted by Crippen LogP contribution is -2.25. The van der Waals surface area contributed by atoms with Crippen LogP contribution >= 0.6 is 0 Å². The molecule has 4 rings (SSSR count). The molecule has 1 fully saturated rings. The second-order valence-electron chi connectivity index (χ2n) is 5.98. The van der Waals surface area contributed by atoms with E-state index >= 15 is 0 Å². The Hall–Kier alpha value is -2.47. The summed E-state index contributed by atoms with van der Waals surface area (Å²) in [6.45, 7) is 2.40. The van der Waals surface area contributed by atoms with Gasteiger partial charge in [-0.25, -0.2) is 13.9 Å². The fourth-order valence-electron chi connectivity index (χ4n) is 3.33. The minimum absolute atomic E-state index is 0.102. The summed E-state index contributed by atoms with van der Waals surface area (Å²) < 4.78 is 15.4. The maximum Gasteiger partial charge on any atom is 0.155 e. The Labute approximate surface area is 133 Å². The topological polar surface area (TPSA) is 53.7 Å². The molecule has 0 bridgehead atoms. The third kappa shape index (κ3) is 2.45. The standard InChI is InChI=1S/C17H17FN4O/c1-11-7-16-17(19-5-6-22(16)20-11)21-10-14(23)9-15(21)12-3-2-4-13(18)8-12/h2-8,14-15,23H,9-10H2,1H3/t14-,15+/m1/s1. The van der Waals surface area contributed by atoms with Crippen LogP contribution in [0, 0.1) is 12.7 Å². The molecular weight excluding hydrogens is 295 g/mol. The third-order valence-corrected chi connectivity index (χ3v) is 4.28. The van der Waals surface area contributed by atoms with Crippen LogP contribution in [0.15, 0.2) is 42.7 Å². The molecule has 0 aliphatic carbocycles. The summed E-state index contributed by atoms with van der Waals surface area (Å²) in [5.74, 6) is 0.495. The average Bonchev–Trinajstić information content (AvgIpc) is 3.08. The summed E-state index contributed by atoms with van der Waals surface area (Å²) in [5.41, 5.74) is 2.64. The van der Waals surface area contributed by atoms with Crippen molar-refractivity contribution in [3.8, 4) is 0 Å². The summed E-state index contributed by atoms with van der Waals surface area (Å²) in [6.07, 6.45) is 3.59. The van der Waals surface area contributed by atoms with Gasteiger partial charge in [-0.3, -0.25) is 0 Å². The van der Waals surface area contributed by atoms with Crippen molar-refractivity contribution < 1.29 is 9.50 Å². The van der Waals surface area contributed by atoms with Crippen molar-refractivity contribution in [2.24, 2.45) is 0 Å². The Morgan fingerprint density at radius 1 is 1.30 bits per heavy atom. The van der Waals surface area contributed by atoms with Crippen molar-refractivity contribution in [3.63, 3.8) is 0 Å². The highest BCUT2D eigenvalue weighted by Crippen LogP contribution is 2.37. The molecule has 1 saturated heterocycles. The zero-order chi connectivity index (χ0) is 16.0. The molecule has 0 spiro atoms. The first kappa shape index (κ1) is 14.1. The van der Waals surface area contributed by atoms with E-state index < -0.39 is 6.10 Å². The van der Waals surface area contributed by atoms with E-state index in [1.165, 1.54) is 12.1 Å². The van der Waals surface area contributed by atoms with Crippen LogP contribution in [0.1, 0.15) is 23.7 Å². The van der Waals surface area contributed by atoms with E-state index in [1.807, 2.05) is 24.0 Å². The van der Waals surface area contributed by atoms with Gasteiger partial charge in [-0.15, -0.1) is 0 Å². The van der Waals surface area contributed by atoms with Crippen molar-refractivity contribution in [2.45, 2.75) is 25.5 Å². The Balaban J connectivity index is 1.81. The summed E-state index contributed by atoms with van der Waals surface area (Å²) in [7, 11) is 0. The Morgan fingerprint density at radius 3 is 3.00 bits per heavy atom. The van der Waals surface area contributed by atoms with Crippen molar-refractivity contribution in [1.29, 1.82) is 0 Å². The Morgan fingerprint density at radius 2 is 2.17 bits per heavy atom. The van der Waals surface area contributed by atoms with E-state index in [4.69, 9.17) is 0 Å². The maximum atomic E-state index is 13.6. The van der Waals surface area contributed by atoms with E-state index in [1.54, 1.807) is 23.0 Å². The molecule has 3 aromatic rings. The van der Waals surface area contributed by atoms with Gasteiger partial charge in [-0.1, -0.05) is 12.1 Å². The molecule has 2 atom stereocenters. The predicted octanol–water partition coefficient (Wildman–Crippen LogP) is 2.49. The molecule has 0 unspecified atom stereocenters. The van der Waals surface area contributed by atoms with Gasteiger partial charge in [-0.2, -0.15) is 5.10 Å². The lowest BCUT2D eigenvalue weighted by molar-refractivity contribution is 0.194. The normalized spacial score (nSPS) is 21.3. The molecule has 1 N–H and O–H groups in total. The Kier molecular flexibility index (Phi) is 3.27. The smallest absolute Gasteiger partial charge is 0.155 e. The molecule has 118 valence electrons. The second kappa shape index (κ2) is 5.31. The number of fused-ring (bicyclic) bond motifs is 1. The number of nitrogens with zero attached hydrogens (tertiary/aromatic N) is 4. The van der Waals surface area contributed by atoms with Gasteiger partial charge in [0.1, 0.15) is 11.3 Å². The van der Waals surface area contributed by atoms with Crippen molar-refractivity contribution in [3.05, 3.63) is 59.8 Å². The zero-order valence-corrected chi connectivity index (χ0v) is 12.7. The average molecular weight is 312 g/mol.